The molecule has 1 N–H and O–H groups in total. The molecule has 1 unspecified atom stereocenters. The van der Waals surface area contributed by atoms with E-state index >= 15 is 0 Å². The number of carbonyl (C=O) groups is 1. The number of hydrogen-bond donors (Lipinski definition) is 1. The fourth-order valence-electron chi connectivity index (χ4n) is 3.31. The molecular formula is C22H31N5O4. The molecule has 1 fully saturated rings. The lowest BCUT2D eigenvalue weighted by Crippen LogP contribution is -2.47. The second-order valence-corrected chi connectivity index (χ2v) is 7.84. The predicted octanol–water partition coefficient (Wildman–Crippen LogP) is 1.72. The fourth-order valence-corrected chi connectivity index (χ4v) is 3.31. The predicted molar refractivity (Wildman–Crippen MR) is 117 cm³/mol. The molecule has 1 aliphatic heterocycles. The highest BCUT2D eigenvalue weighted by molar-refractivity contribution is 5.76. The van der Waals surface area contributed by atoms with Gasteiger partial charge in [-0.25, -0.2) is 0 Å². The molecule has 1 saturated heterocycles. The Bertz CT molecular complexity index is 953. The standard InChI is InChI=1S/C22H31N5O4/c1-5-15(2)31-18-8-6-16(14-19(18)30-4)21-23-22(29)17(24-25-21)7-9-20(28)27-12-10-26(3)11-13-27/h6,8,14-15H,5,7,9-13H2,1-4H3,(H,23,25,29). The van der Waals surface area contributed by atoms with Crippen LogP contribution in [0.3, 0.4) is 0 Å². The first kappa shape index (κ1) is 22.7. The Morgan fingerprint density at radius 2 is 1.94 bits per heavy atom. The largest absolute Gasteiger partial charge is 0.493 e. The summed E-state index contributed by atoms with van der Waals surface area (Å²) in [4.78, 5) is 31.7. The molecule has 0 radical (unpaired) electrons. The summed E-state index contributed by atoms with van der Waals surface area (Å²) in [6.07, 6.45) is 1.45. The number of benzene rings is 1. The van der Waals surface area contributed by atoms with Gasteiger partial charge in [0.1, 0.15) is 5.69 Å². The number of carbonyl (C=O) groups excluding carboxylic acids is 1. The van der Waals surface area contributed by atoms with Crippen molar-refractivity contribution in [1.29, 1.82) is 0 Å². The van der Waals surface area contributed by atoms with E-state index in [1.54, 1.807) is 25.3 Å². The molecule has 2 heterocycles. The molecule has 1 amide bonds. The number of ether oxygens (including phenoxy) is 2. The first-order valence-electron chi connectivity index (χ1n) is 10.7. The minimum Gasteiger partial charge on any atom is -0.493 e. The van der Waals surface area contributed by atoms with E-state index in [4.69, 9.17) is 9.47 Å². The van der Waals surface area contributed by atoms with Crippen LogP contribution in [-0.4, -0.2) is 77.3 Å². The smallest absolute Gasteiger partial charge is 0.273 e. The number of H-pyrrole nitrogens is 1. The van der Waals surface area contributed by atoms with Gasteiger partial charge in [0, 0.05) is 44.6 Å². The monoisotopic (exact) mass is 429 g/mol. The second kappa shape index (κ2) is 10.4. The summed E-state index contributed by atoms with van der Waals surface area (Å²) in [6.45, 7) is 7.20. The number of nitrogens with zero attached hydrogens (tertiary/aromatic N) is 4. The summed E-state index contributed by atoms with van der Waals surface area (Å²) in [5.41, 5.74) is 0.586. The van der Waals surface area contributed by atoms with Crippen molar-refractivity contribution < 1.29 is 14.3 Å². The molecule has 0 aliphatic carbocycles. The SMILES string of the molecule is CCC(C)Oc1ccc(-c2nnc(CCC(=O)N3CCN(C)CC3)c(=O)[nH]2)cc1OC. The van der Waals surface area contributed by atoms with E-state index in [1.807, 2.05) is 25.8 Å². The molecule has 0 bridgehead atoms. The number of amides is 1. The van der Waals surface area contributed by atoms with E-state index in [-0.39, 0.29) is 36.1 Å². The lowest BCUT2D eigenvalue weighted by Gasteiger charge is -2.32. The van der Waals surface area contributed by atoms with E-state index in [0.29, 0.717) is 22.9 Å². The maximum atomic E-state index is 12.5. The summed E-state index contributed by atoms with van der Waals surface area (Å²) >= 11 is 0. The van der Waals surface area contributed by atoms with Gasteiger partial charge in [0.05, 0.1) is 13.2 Å². The van der Waals surface area contributed by atoms with Gasteiger partial charge in [0.15, 0.2) is 17.3 Å². The molecule has 0 spiro atoms. The van der Waals surface area contributed by atoms with Crippen LogP contribution >= 0.6 is 0 Å². The molecule has 0 saturated carbocycles. The van der Waals surface area contributed by atoms with Crippen molar-refractivity contribution >= 4 is 5.91 Å². The number of aromatic amines is 1. The van der Waals surface area contributed by atoms with Gasteiger partial charge in [-0.15, -0.1) is 10.2 Å². The summed E-state index contributed by atoms with van der Waals surface area (Å²) in [5, 5.41) is 8.24. The summed E-state index contributed by atoms with van der Waals surface area (Å²) in [5.74, 6) is 1.57. The van der Waals surface area contributed by atoms with Crippen LogP contribution < -0.4 is 15.0 Å². The lowest BCUT2D eigenvalue weighted by atomic mass is 10.1. The Balaban J connectivity index is 1.67. The van der Waals surface area contributed by atoms with E-state index in [9.17, 15) is 9.59 Å². The highest BCUT2D eigenvalue weighted by Crippen LogP contribution is 2.32. The third-order valence-electron chi connectivity index (χ3n) is 5.54. The minimum atomic E-state index is -0.338. The number of piperazine rings is 1. The molecule has 31 heavy (non-hydrogen) atoms. The van der Waals surface area contributed by atoms with Crippen molar-refractivity contribution in [2.24, 2.45) is 0 Å². The van der Waals surface area contributed by atoms with Crippen LogP contribution in [0, 0.1) is 0 Å². The van der Waals surface area contributed by atoms with Crippen molar-refractivity contribution in [2.75, 3.05) is 40.3 Å². The Labute approximate surface area is 182 Å². The molecule has 2 aromatic rings. The average molecular weight is 430 g/mol. The van der Waals surface area contributed by atoms with Crippen molar-refractivity contribution in [3.05, 3.63) is 34.2 Å². The van der Waals surface area contributed by atoms with Gasteiger partial charge in [-0.3, -0.25) is 9.59 Å². The lowest BCUT2D eigenvalue weighted by molar-refractivity contribution is -0.132. The Morgan fingerprint density at radius 3 is 2.58 bits per heavy atom. The highest BCUT2D eigenvalue weighted by Gasteiger charge is 2.19. The van der Waals surface area contributed by atoms with Crippen LogP contribution in [0.4, 0.5) is 0 Å². The van der Waals surface area contributed by atoms with Crippen molar-refractivity contribution in [2.45, 2.75) is 39.2 Å². The first-order valence-corrected chi connectivity index (χ1v) is 10.7. The Kier molecular flexibility index (Phi) is 7.62. The number of nitrogens with one attached hydrogen (secondary N) is 1. The molecule has 1 aromatic carbocycles. The summed E-state index contributed by atoms with van der Waals surface area (Å²) in [6, 6.07) is 5.36. The van der Waals surface area contributed by atoms with Crippen LogP contribution in [-0.2, 0) is 11.2 Å². The maximum Gasteiger partial charge on any atom is 0.273 e. The number of methoxy groups -OCH3 is 1. The molecule has 9 nitrogen and oxygen atoms in total. The van der Waals surface area contributed by atoms with Crippen molar-refractivity contribution in [1.82, 2.24) is 25.0 Å². The zero-order valence-corrected chi connectivity index (χ0v) is 18.7. The minimum absolute atomic E-state index is 0.0417. The average Bonchev–Trinajstić information content (AvgIpc) is 2.78. The maximum absolute atomic E-state index is 12.5. The molecule has 1 atom stereocenters. The Morgan fingerprint density at radius 1 is 1.19 bits per heavy atom. The van der Waals surface area contributed by atoms with E-state index in [2.05, 4.69) is 20.1 Å². The molecule has 3 rings (SSSR count). The van der Waals surface area contributed by atoms with Gasteiger partial charge in [0.2, 0.25) is 5.91 Å². The molecule has 9 heteroatoms. The topological polar surface area (TPSA) is 101 Å². The normalized spacial score (nSPS) is 15.5. The highest BCUT2D eigenvalue weighted by atomic mass is 16.5. The van der Waals surface area contributed by atoms with E-state index < -0.39 is 0 Å². The van der Waals surface area contributed by atoms with Crippen LogP contribution in [0.2, 0.25) is 0 Å². The number of likely N-dealkylation sites (N-methyl/N-ethyl adjacent to an activating group) is 1. The van der Waals surface area contributed by atoms with Crippen molar-refractivity contribution in [3.63, 3.8) is 0 Å². The fraction of sp³-hybridized carbons (Fsp3) is 0.545. The van der Waals surface area contributed by atoms with Gasteiger partial charge in [-0.2, -0.15) is 0 Å². The second-order valence-electron chi connectivity index (χ2n) is 7.84. The van der Waals surface area contributed by atoms with Crippen LogP contribution in [0.25, 0.3) is 11.4 Å². The number of aromatic nitrogens is 3. The van der Waals surface area contributed by atoms with E-state index in [1.165, 1.54) is 0 Å². The van der Waals surface area contributed by atoms with Gasteiger partial charge in [-0.05, 0) is 38.6 Å². The van der Waals surface area contributed by atoms with Crippen LogP contribution in [0.5, 0.6) is 11.5 Å². The first-order chi connectivity index (χ1) is 14.9. The van der Waals surface area contributed by atoms with Crippen LogP contribution in [0.15, 0.2) is 23.0 Å². The molecule has 1 aliphatic rings. The molecule has 168 valence electrons. The van der Waals surface area contributed by atoms with E-state index in [0.717, 1.165) is 32.6 Å². The van der Waals surface area contributed by atoms with Crippen molar-refractivity contribution in [3.8, 4) is 22.9 Å². The number of hydrogen-bond acceptors (Lipinski definition) is 7. The van der Waals surface area contributed by atoms with Gasteiger partial charge in [-0.1, -0.05) is 6.92 Å². The summed E-state index contributed by atoms with van der Waals surface area (Å²) < 4.78 is 11.3. The third kappa shape index (κ3) is 5.81. The zero-order valence-electron chi connectivity index (χ0n) is 18.7. The number of rotatable bonds is 8. The van der Waals surface area contributed by atoms with Gasteiger partial charge >= 0.3 is 0 Å². The van der Waals surface area contributed by atoms with Gasteiger partial charge < -0.3 is 24.3 Å². The summed E-state index contributed by atoms with van der Waals surface area (Å²) in [7, 11) is 3.61. The van der Waals surface area contributed by atoms with Gasteiger partial charge in [0.25, 0.3) is 5.56 Å². The molecule has 1 aromatic heterocycles. The quantitative estimate of drug-likeness (QED) is 0.682. The zero-order chi connectivity index (χ0) is 22.4. The number of aryl methyl sites for hydroxylation is 1. The Hall–Kier alpha value is -2.94. The third-order valence-corrected chi connectivity index (χ3v) is 5.54. The van der Waals surface area contributed by atoms with Crippen LogP contribution in [0.1, 0.15) is 32.4 Å². The molecular weight excluding hydrogens is 398 g/mol.